The standard InChI is InChI=1S/C23H29N5S/c1-4-20(5-2)22-25-26-23(29)28(22)24-16-18-12-14-21(15-13-18)27(6-3)17-19-10-8-7-9-11-19/h7-16,20H,4-6,17H2,1-3H3,(H,26,29)/b24-16-. The Bertz CT molecular complexity index is 969. The topological polar surface area (TPSA) is 49.2 Å². The Morgan fingerprint density at radius 1 is 1.07 bits per heavy atom. The smallest absolute Gasteiger partial charge is 0.216 e. The van der Waals surface area contributed by atoms with Gasteiger partial charge in [-0.15, -0.1) is 0 Å². The maximum absolute atomic E-state index is 5.36. The van der Waals surface area contributed by atoms with Crippen molar-refractivity contribution in [2.45, 2.75) is 46.1 Å². The van der Waals surface area contributed by atoms with Gasteiger partial charge in [0, 0.05) is 24.7 Å². The summed E-state index contributed by atoms with van der Waals surface area (Å²) in [5.74, 6) is 1.24. The number of aromatic amines is 1. The summed E-state index contributed by atoms with van der Waals surface area (Å²) in [5.41, 5.74) is 3.54. The van der Waals surface area contributed by atoms with Crippen molar-refractivity contribution in [1.29, 1.82) is 0 Å². The fourth-order valence-electron chi connectivity index (χ4n) is 3.42. The van der Waals surface area contributed by atoms with Gasteiger partial charge in [0.1, 0.15) is 0 Å². The molecule has 0 aliphatic heterocycles. The zero-order valence-corrected chi connectivity index (χ0v) is 18.2. The number of nitrogens with one attached hydrogen (secondary N) is 1. The van der Waals surface area contributed by atoms with Crippen molar-refractivity contribution in [3.05, 3.63) is 76.3 Å². The molecule has 5 nitrogen and oxygen atoms in total. The molecule has 0 saturated carbocycles. The van der Waals surface area contributed by atoms with E-state index in [-0.39, 0.29) is 0 Å². The van der Waals surface area contributed by atoms with E-state index in [1.807, 2.05) is 6.21 Å². The van der Waals surface area contributed by atoms with Gasteiger partial charge in [0.15, 0.2) is 5.82 Å². The van der Waals surface area contributed by atoms with Gasteiger partial charge in [0.25, 0.3) is 0 Å². The number of hydrogen-bond acceptors (Lipinski definition) is 4. The van der Waals surface area contributed by atoms with Crippen molar-refractivity contribution in [1.82, 2.24) is 14.9 Å². The second-order valence-electron chi connectivity index (χ2n) is 7.05. The summed E-state index contributed by atoms with van der Waals surface area (Å²) in [5, 5.41) is 11.9. The van der Waals surface area contributed by atoms with E-state index in [9.17, 15) is 0 Å². The first-order valence-corrected chi connectivity index (χ1v) is 10.7. The molecule has 3 aromatic rings. The minimum Gasteiger partial charge on any atom is -0.367 e. The largest absolute Gasteiger partial charge is 0.367 e. The van der Waals surface area contributed by atoms with Crippen molar-refractivity contribution < 1.29 is 0 Å². The molecular formula is C23H29N5S. The molecule has 0 fully saturated rings. The molecule has 152 valence electrons. The number of H-pyrrole nitrogens is 1. The number of rotatable bonds is 9. The van der Waals surface area contributed by atoms with Crippen LogP contribution in [0.4, 0.5) is 5.69 Å². The highest BCUT2D eigenvalue weighted by Crippen LogP contribution is 2.21. The van der Waals surface area contributed by atoms with E-state index in [1.165, 1.54) is 11.3 Å². The highest BCUT2D eigenvalue weighted by molar-refractivity contribution is 7.71. The molecule has 0 bridgehead atoms. The van der Waals surface area contributed by atoms with Crippen LogP contribution in [-0.2, 0) is 6.54 Å². The van der Waals surface area contributed by atoms with Gasteiger partial charge in [-0.05, 0) is 55.2 Å². The average molecular weight is 408 g/mol. The number of hydrogen-bond donors (Lipinski definition) is 1. The Hall–Kier alpha value is -2.73. The van der Waals surface area contributed by atoms with Crippen LogP contribution in [0.25, 0.3) is 0 Å². The van der Waals surface area contributed by atoms with Crippen LogP contribution in [0.3, 0.4) is 0 Å². The monoisotopic (exact) mass is 407 g/mol. The highest BCUT2D eigenvalue weighted by atomic mass is 32.1. The Balaban J connectivity index is 1.75. The molecule has 0 amide bonds. The van der Waals surface area contributed by atoms with Gasteiger partial charge < -0.3 is 4.90 Å². The molecule has 0 atom stereocenters. The van der Waals surface area contributed by atoms with Crippen LogP contribution >= 0.6 is 12.2 Å². The minimum atomic E-state index is 0.346. The first-order chi connectivity index (χ1) is 14.2. The molecule has 0 unspecified atom stereocenters. The van der Waals surface area contributed by atoms with Gasteiger partial charge >= 0.3 is 0 Å². The van der Waals surface area contributed by atoms with Crippen LogP contribution in [-0.4, -0.2) is 27.6 Å². The maximum atomic E-state index is 5.36. The van der Waals surface area contributed by atoms with E-state index in [1.54, 1.807) is 4.68 Å². The summed E-state index contributed by atoms with van der Waals surface area (Å²) < 4.78 is 2.27. The van der Waals surface area contributed by atoms with E-state index in [0.29, 0.717) is 10.7 Å². The van der Waals surface area contributed by atoms with Crippen molar-refractivity contribution >= 4 is 24.1 Å². The molecule has 1 aromatic heterocycles. The van der Waals surface area contributed by atoms with Crippen LogP contribution in [0.1, 0.15) is 56.5 Å². The lowest BCUT2D eigenvalue weighted by molar-refractivity contribution is 0.571. The van der Waals surface area contributed by atoms with Crippen LogP contribution in [0, 0.1) is 4.77 Å². The molecule has 3 rings (SSSR count). The molecule has 29 heavy (non-hydrogen) atoms. The number of benzene rings is 2. The van der Waals surface area contributed by atoms with Gasteiger partial charge in [0.2, 0.25) is 4.77 Å². The lowest BCUT2D eigenvalue weighted by Crippen LogP contribution is -2.21. The third-order valence-electron chi connectivity index (χ3n) is 5.20. The van der Waals surface area contributed by atoms with Crippen LogP contribution in [0.15, 0.2) is 59.7 Å². The number of aromatic nitrogens is 3. The molecule has 0 radical (unpaired) electrons. The first kappa shape index (κ1) is 21.0. The summed E-state index contributed by atoms with van der Waals surface area (Å²) in [6, 6.07) is 19.0. The van der Waals surface area contributed by atoms with Gasteiger partial charge in [-0.3, -0.25) is 5.10 Å². The van der Waals surface area contributed by atoms with E-state index < -0.39 is 0 Å². The number of anilines is 1. The highest BCUT2D eigenvalue weighted by Gasteiger charge is 2.15. The number of nitrogens with zero attached hydrogens (tertiary/aromatic N) is 4. The van der Waals surface area contributed by atoms with Crippen LogP contribution < -0.4 is 4.90 Å². The Kier molecular flexibility index (Phi) is 7.36. The molecule has 6 heteroatoms. The van der Waals surface area contributed by atoms with Crippen molar-refractivity contribution in [3.63, 3.8) is 0 Å². The van der Waals surface area contributed by atoms with Crippen molar-refractivity contribution in [3.8, 4) is 0 Å². The minimum absolute atomic E-state index is 0.346. The molecule has 0 spiro atoms. The molecule has 1 heterocycles. The molecule has 0 saturated heterocycles. The normalized spacial score (nSPS) is 11.4. The summed E-state index contributed by atoms with van der Waals surface area (Å²) in [4.78, 5) is 2.35. The van der Waals surface area contributed by atoms with Gasteiger partial charge in [-0.25, -0.2) is 0 Å². The Morgan fingerprint density at radius 3 is 2.38 bits per heavy atom. The zero-order chi connectivity index (χ0) is 20.6. The third kappa shape index (κ3) is 5.21. The fraction of sp³-hybridized carbons (Fsp3) is 0.348. The summed E-state index contributed by atoms with van der Waals surface area (Å²) in [7, 11) is 0. The quantitative estimate of drug-likeness (QED) is 0.363. The van der Waals surface area contributed by atoms with Crippen molar-refractivity contribution in [2.24, 2.45) is 5.10 Å². The van der Waals surface area contributed by atoms with Gasteiger partial charge in [0.05, 0.1) is 6.21 Å². The summed E-state index contributed by atoms with van der Waals surface area (Å²) >= 11 is 5.36. The Labute approximate surface area is 178 Å². The fourth-order valence-corrected chi connectivity index (χ4v) is 3.60. The van der Waals surface area contributed by atoms with E-state index >= 15 is 0 Å². The maximum Gasteiger partial charge on any atom is 0.216 e. The molecule has 1 N–H and O–H groups in total. The molecule has 0 aliphatic carbocycles. The average Bonchev–Trinajstić information content (AvgIpc) is 3.13. The van der Waals surface area contributed by atoms with Gasteiger partial charge in [-0.1, -0.05) is 56.3 Å². The molecule has 0 aliphatic rings. The lowest BCUT2D eigenvalue weighted by atomic mass is 10.0. The van der Waals surface area contributed by atoms with E-state index in [2.05, 4.69) is 95.6 Å². The van der Waals surface area contributed by atoms with E-state index in [4.69, 9.17) is 12.2 Å². The van der Waals surface area contributed by atoms with E-state index in [0.717, 1.165) is 37.3 Å². The second-order valence-corrected chi connectivity index (χ2v) is 7.43. The summed E-state index contributed by atoms with van der Waals surface area (Å²) in [6.07, 6.45) is 3.86. The predicted octanol–water partition coefficient (Wildman–Crippen LogP) is 5.75. The van der Waals surface area contributed by atoms with Crippen LogP contribution in [0.2, 0.25) is 0 Å². The molecular weight excluding hydrogens is 378 g/mol. The summed E-state index contributed by atoms with van der Waals surface area (Å²) in [6.45, 7) is 8.35. The third-order valence-corrected chi connectivity index (χ3v) is 5.47. The Morgan fingerprint density at radius 2 is 1.76 bits per heavy atom. The second kappa shape index (κ2) is 10.2. The zero-order valence-electron chi connectivity index (χ0n) is 17.4. The molecule has 2 aromatic carbocycles. The van der Waals surface area contributed by atoms with Crippen molar-refractivity contribution in [2.75, 3.05) is 11.4 Å². The lowest BCUT2D eigenvalue weighted by Gasteiger charge is -2.23. The predicted molar refractivity (Wildman–Crippen MR) is 123 cm³/mol. The van der Waals surface area contributed by atoms with Crippen LogP contribution in [0.5, 0.6) is 0 Å². The van der Waals surface area contributed by atoms with Gasteiger partial charge in [-0.2, -0.15) is 14.9 Å². The first-order valence-electron chi connectivity index (χ1n) is 10.3. The SMILES string of the molecule is CCC(CC)c1n[nH]c(=S)n1/N=C\c1ccc(N(CC)Cc2ccccc2)cc1.